The first-order chi connectivity index (χ1) is 16.7. The van der Waals surface area contributed by atoms with Crippen LogP contribution in [0.1, 0.15) is 29.9 Å². The quantitative estimate of drug-likeness (QED) is 0.582. The van der Waals surface area contributed by atoms with Gasteiger partial charge in [0, 0.05) is 24.8 Å². The van der Waals surface area contributed by atoms with Crippen LogP contribution in [0.5, 0.6) is 5.88 Å². The minimum atomic E-state index is -5.22. The third kappa shape index (κ3) is 6.28. The normalized spacial score (nSPS) is 17.4. The first-order valence-corrected chi connectivity index (χ1v) is 10.1. The van der Waals surface area contributed by atoms with Crippen LogP contribution in [0.15, 0.2) is 24.4 Å². The van der Waals surface area contributed by atoms with Gasteiger partial charge >= 0.3 is 18.4 Å². The van der Waals surface area contributed by atoms with Crippen molar-refractivity contribution in [1.29, 1.82) is 0 Å². The van der Waals surface area contributed by atoms with E-state index < -0.39 is 71.9 Å². The molecule has 0 saturated carbocycles. The fourth-order valence-electron chi connectivity index (χ4n) is 3.27. The van der Waals surface area contributed by atoms with E-state index in [0.29, 0.717) is 12.1 Å². The number of halogens is 8. The predicted octanol–water partition coefficient (Wildman–Crippen LogP) is 3.33. The molecule has 196 valence electrons. The van der Waals surface area contributed by atoms with Crippen molar-refractivity contribution < 1.29 is 49.4 Å². The molecule has 1 aliphatic heterocycles. The highest BCUT2D eigenvalue weighted by Crippen LogP contribution is 2.32. The number of amides is 3. The number of carbonyl (C=O) groups is 2. The summed E-state index contributed by atoms with van der Waals surface area (Å²) >= 11 is 0. The molecule has 8 nitrogen and oxygen atoms in total. The highest BCUT2D eigenvalue weighted by Gasteiger charge is 2.38. The summed E-state index contributed by atoms with van der Waals surface area (Å²) in [6.07, 6.45) is -9.26. The minimum absolute atomic E-state index is 0.0208. The lowest BCUT2D eigenvalue weighted by molar-refractivity contribution is -0.154. The van der Waals surface area contributed by atoms with Gasteiger partial charge in [-0.25, -0.2) is 23.5 Å². The summed E-state index contributed by atoms with van der Waals surface area (Å²) < 4.78 is 109. The Labute approximate surface area is 197 Å². The summed E-state index contributed by atoms with van der Waals surface area (Å²) in [6, 6.07) is -1.79. The molecule has 0 aliphatic carbocycles. The standard InChI is InChI=1S/C20H17F8N5O3/c1-9-16(34)29-4-5-33(9)18(35)32-14(13-3-2-11(21)15(31-13)20(26,27)28)10-6-12(22)17(30-7-10)36-8-19(23,24)25/h2-3,6-7,9,14H,4-5,8H2,1H3,(H,29,34)(H,32,35)/t9-,14-/m1/s1. The van der Waals surface area contributed by atoms with E-state index in [4.69, 9.17) is 0 Å². The number of urea groups is 1. The molecule has 0 spiro atoms. The maximum Gasteiger partial charge on any atom is 0.436 e. The summed E-state index contributed by atoms with van der Waals surface area (Å²) in [5.41, 5.74) is -2.85. The number of carbonyl (C=O) groups excluding carboxylic acids is 2. The van der Waals surface area contributed by atoms with E-state index >= 15 is 0 Å². The highest BCUT2D eigenvalue weighted by atomic mass is 19.4. The van der Waals surface area contributed by atoms with E-state index in [9.17, 15) is 44.7 Å². The summed E-state index contributed by atoms with van der Waals surface area (Å²) in [4.78, 5) is 32.4. The lowest BCUT2D eigenvalue weighted by Gasteiger charge is -2.34. The first kappa shape index (κ1) is 26.9. The summed E-state index contributed by atoms with van der Waals surface area (Å²) in [5.74, 6) is -4.69. The number of nitrogens with one attached hydrogen (secondary N) is 2. The molecule has 2 atom stereocenters. The molecule has 1 aliphatic rings. The number of ether oxygens (including phenoxy) is 1. The number of alkyl halides is 6. The maximum atomic E-state index is 14.4. The van der Waals surface area contributed by atoms with E-state index in [-0.39, 0.29) is 18.7 Å². The molecule has 0 aromatic carbocycles. The van der Waals surface area contributed by atoms with E-state index in [2.05, 4.69) is 25.3 Å². The van der Waals surface area contributed by atoms with Crippen molar-refractivity contribution in [1.82, 2.24) is 25.5 Å². The second-order valence-corrected chi connectivity index (χ2v) is 7.57. The molecule has 1 fully saturated rings. The highest BCUT2D eigenvalue weighted by molar-refractivity contribution is 5.88. The zero-order valence-corrected chi connectivity index (χ0v) is 18.2. The maximum absolute atomic E-state index is 14.4. The summed E-state index contributed by atoms with van der Waals surface area (Å²) in [5, 5.41) is 4.81. The van der Waals surface area contributed by atoms with Gasteiger partial charge in [0.2, 0.25) is 5.91 Å². The van der Waals surface area contributed by atoms with Gasteiger partial charge in [-0.3, -0.25) is 4.79 Å². The molecule has 0 radical (unpaired) electrons. The largest absolute Gasteiger partial charge is 0.466 e. The smallest absolute Gasteiger partial charge is 0.436 e. The van der Waals surface area contributed by atoms with E-state index in [0.717, 1.165) is 17.2 Å². The van der Waals surface area contributed by atoms with Gasteiger partial charge in [-0.1, -0.05) is 0 Å². The van der Waals surface area contributed by atoms with Crippen LogP contribution < -0.4 is 15.4 Å². The molecule has 0 bridgehead atoms. The fourth-order valence-corrected chi connectivity index (χ4v) is 3.27. The van der Waals surface area contributed by atoms with E-state index in [1.807, 2.05) is 0 Å². The van der Waals surface area contributed by atoms with Gasteiger partial charge in [-0.05, 0) is 25.1 Å². The first-order valence-electron chi connectivity index (χ1n) is 10.1. The van der Waals surface area contributed by atoms with Crippen LogP contribution in [0, 0.1) is 11.6 Å². The number of pyridine rings is 2. The van der Waals surface area contributed by atoms with Crippen molar-refractivity contribution in [3.8, 4) is 5.88 Å². The summed E-state index contributed by atoms with van der Waals surface area (Å²) in [6.45, 7) is -0.378. The predicted molar refractivity (Wildman–Crippen MR) is 104 cm³/mol. The van der Waals surface area contributed by atoms with Crippen LogP contribution in [0.25, 0.3) is 0 Å². The second-order valence-electron chi connectivity index (χ2n) is 7.57. The molecule has 3 amide bonds. The van der Waals surface area contributed by atoms with Gasteiger partial charge in [0.1, 0.15) is 6.04 Å². The average Bonchev–Trinajstić information content (AvgIpc) is 2.77. The van der Waals surface area contributed by atoms with Crippen molar-refractivity contribution >= 4 is 11.9 Å². The van der Waals surface area contributed by atoms with Gasteiger partial charge in [-0.2, -0.15) is 26.3 Å². The molecular weight excluding hydrogens is 510 g/mol. The van der Waals surface area contributed by atoms with Crippen LogP contribution in [0.4, 0.5) is 39.9 Å². The lowest BCUT2D eigenvalue weighted by Crippen LogP contribution is -2.58. The number of piperazine rings is 1. The zero-order valence-electron chi connectivity index (χ0n) is 18.2. The van der Waals surface area contributed by atoms with Crippen LogP contribution in [-0.4, -0.2) is 58.7 Å². The third-order valence-electron chi connectivity index (χ3n) is 4.99. The van der Waals surface area contributed by atoms with Crippen molar-refractivity contribution in [3.05, 3.63) is 53.0 Å². The summed E-state index contributed by atoms with van der Waals surface area (Å²) in [7, 11) is 0. The van der Waals surface area contributed by atoms with Gasteiger partial charge in [0.05, 0.1) is 11.7 Å². The number of rotatable bonds is 5. The van der Waals surface area contributed by atoms with Crippen molar-refractivity contribution in [2.45, 2.75) is 31.4 Å². The van der Waals surface area contributed by atoms with Gasteiger partial charge < -0.3 is 20.3 Å². The molecule has 36 heavy (non-hydrogen) atoms. The number of hydrogen-bond donors (Lipinski definition) is 2. The Hall–Kier alpha value is -3.72. The molecular formula is C20H17F8N5O3. The van der Waals surface area contributed by atoms with Crippen LogP contribution in [0.3, 0.4) is 0 Å². The fraction of sp³-hybridized carbons (Fsp3) is 0.400. The monoisotopic (exact) mass is 527 g/mol. The van der Waals surface area contributed by atoms with Gasteiger partial charge in [-0.15, -0.1) is 0 Å². The lowest BCUT2D eigenvalue weighted by atomic mass is 10.0. The second kappa shape index (κ2) is 10.1. The Morgan fingerprint density at radius 2 is 1.92 bits per heavy atom. The Morgan fingerprint density at radius 3 is 2.53 bits per heavy atom. The van der Waals surface area contributed by atoms with E-state index in [1.54, 1.807) is 0 Å². The van der Waals surface area contributed by atoms with Gasteiger partial charge in [0.25, 0.3) is 5.88 Å². The van der Waals surface area contributed by atoms with Gasteiger partial charge in [0.15, 0.2) is 23.9 Å². The Balaban J connectivity index is 2.00. The SMILES string of the molecule is C[C@@H]1C(=O)NCCN1C(=O)N[C@H](c1cnc(OCC(F)(F)F)c(F)c1)c1ccc(F)c(C(F)(F)F)n1. The number of hydrogen-bond acceptors (Lipinski definition) is 5. The molecule has 16 heteroatoms. The topological polar surface area (TPSA) is 96.5 Å². The number of nitrogens with zero attached hydrogens (tertiary/aromatic N) is 3. The molecule has 0 unspecified atom stereocenters. The third-order valence-corrected chi connectivity index (χ3v) is 4.99. The molecule has 3 rings (SSSR count). The number of aromatic nitrogens is 2. The Bertz CT molecular complexity index is 1140. The van der Waals surface area contributed by atoms with Crippen LogP contribution in [-0.2, 0) is 11.0 Å². The Kier molecular flexibility index (Phi) is 7.54. The molecule has 1 saturated heterocycles. The molecule has 2 aromatic rings. The van der Waals surface area contributed by atoms with Crippen molar-refractivity contribution in [2.75, 3.05) is 19.7 Å². The van der Waals surface area contributed by atoms with Crippen molar-refractivity contribution in [2.24, 2.45) is 0 Å². The van der Waals surface area contributed by atoms with Crippen LogP contribution >= 0.6 is 0 Å². The average molecular weight is 527 g/mol. The van der Waals surface area contributed by atoms with Crippen molar-refractivity contribution in [3.63, 3.8) is 0 Å². The van der Waals surface area contributed by atoms with E-state index in [1.165, 1.54) is 6.92 Å². The molecule has 3 heterocycles. The Morgan fingerprint density at radius 1 is 1.22 bits per heavy atom. The zero-order chi connectivity index (χ0) is 26.8. The minimum Gasteiger partial charge on any atom is -0.466 e. The molecule has 2 aromatic heterocycles. The molecule has 2 N–H and O–H groups in total. The van der Waals surface area contributed by atoms with Crippen LogP contribution in [0.2, 0.25) is 0 Å².